The van der Waals surface area contributed by atoms with E-state index in [0.29, 0.717) is 10.6 Å². The number of halogens is 1. The molecule has 1 heterocycles. The van der Waals surface area contributed by atoms with Gasteiger partial charge in [0.15, 0.2) is 0 Å². The molecule has 0 saturated carbocycles. The number of nitrogens with zero attached hydrogens (tertiary/aromatic N) is 2. The van der Waals surface area contributed by atoms with E-state index in [9.17, 15) is 4.79 Å². The molecular formula is C15H17ClN2O2. The second-order valence-electron chi connectivity index (χ2n) is 4.57. The number of carbonyl (C=O) groups excluding carboxylic acids is 1. The van der Waals surface area contributed by atoms with Gasteiger partial charge < -0.3 is 4.74 Å². The van der Waals surface area contributed by atoms with Crippen molar-refractivity contribution in [1.29, 1.82) is 0 Å². The monoisotopic (exact) mass is 292 g/mol. The van der Waals surface area contributed by atoms with Crippen molar-refractivity contribution in [2.45, 2.75) is 27.2 Å². The zero-order valence-electron chi connectivity index (χ0n) is 12.0. The minimum absolute atomic E-state index is 0.345. The van der Waals surface area contributed by atoms with Crippen molar-refractivity contribution in [1.82, 2.24) is 9.78 Å². The minimum Gasteiger partial charge on any atom is -0.465 e. The van der Waals surface area contributed by atoms with E-state index in [1.807, 2.05) is 24.6 Å². The van der Waals surface area contributed by atoms with Crippen molar-refractivity contribution in [2.24, 2.45) is 0 Å². The molecule has 0 radical (unpaired) electrons. The first-order valence-corrected chi connectivity index (χ1v) is 6.80. The predicted molar refractivity (Wildman–Crippen MR) is 78.8 cm³/mol. The van der Waals surface area contributed by atoms with Gasteiger partial charge in [0.05, 0.1) is 29.1 Å². The standard InChI is InChI=1S/C15H17ClN2O2/c1-5-12-9(2)17-18(10(12)3)11-6-7-14(16)13(8-11)15(19)20-4/h6-8H,5H2,1-4H3. The number of benzene rings is 1. The number of methoxy groups -OCH3 is 1. The molecule has 1 aromatic heterocycles. The van der Waals surface area contributed by atoms with Crippen LogP contribution in [0.5, 0.6) is 0 Å². The van der Waals surface area contributed by atoms with E-state index in [0.717, 1.165) is 23.5 Å². The summed E-state index contributed by atoms with van der Waals surface area (Å²) in [6, 6.07) is 5.23. The Hall–Kier alpha value is -1.81. The van der Waals surface area contributed by atoms with Crippen molar-refractivity contribution in [2.75, 3.05) is 7.11 Å². The van der Waals surface area contributed by atoms with Crippen LogP contribution in [0.2, 0.25) is 5.02 Å². The summed E-state index contributed by atoms with van der Waals surface area (Å²) in [5.74, 6) is -0.450. The predicted octanol–water partition coefficient (Wildman–Crippen LogP) is 3.49. The maximum atomic E-state index is 11.7. The Morgan fingerprint density at radius 1 is 1.40 bits per heavy atom. The third kappa shape index (κ3) is 2.43. The molecule has 0 aliphatic carbocycles. The Bertz CT molecular complexity index is 662. The lowest BCUT2D eigenvalue weighted by Crippen LogP contribution is -2.06. The zero-order valence-corrected chi connectivity index (χ0v) is 12.8. The molecule has 106 valence electrons. The summed E-state index contributed by atoms with van der Waals surface area (Å²) < 4.78 is 6.57. The normalized spacial score (nSPS) is 10.7. The van der Waals surface area contributed by atoms with Crippen molar-refractivity contribution in [3.63, 3.8) is 0 Å². The Kier molecular flexibility index (Phi) is 4.14. The summed E-state index contributed by atoms with van der Waals surface area (Å²) in [4.78, 5) is 11.7. The largest absolute Gasteiger partial charge is 0.465 e. The molecule has 1 aromatic carbocycles. The molecule has 2 aromatic rings. The second kappa shape index (κ2) is 5.67. The van der Waals surface area contributed by atoms with E-state index in [-0.39, 0.29) is 0 Å². The SMILES string of the molecule is CCc1c(C)nn(-c2ccc(Cl)c(C(=O)OC)c2)c1C. The Morgan fingerprint density at radius 3 is 2.65 bits per heavy atom. The minimum atomic E-state index is -0.450. The van der Waals surface area contributed by atoms with Gasteiger partial charge in [0, 0.05) is 5.69 Å². The highest BCUT2D eigenvalue weighted by atomic mass is 35.5. The molecular weight excluding hydrogens is 276 g/mol. The fourth-order valence-electron chi connectivity index (χ4n) is 2.35. The van der Waals surface area contributed by atoms with E-state index in [1.54, 1.807) is 12.1 Å². The second-order valence-corrected chi connectivity index (χ2v) is 4.98. The highest BCUT2D eigenvalue weighted by Gasteiger charge is 2.15. The highest BCUT2D eigenvalue weighted by Crippen LogP contribution is 2.23. The van der Waals surface area contributed by atoms with Crippen molar-refractivity contribution >= 4 is 17.6 Å². The molecule has 0 fully saturated rings. The number of ether oxygens (including phenoxy) is 1. The smallest absolute Gasteiger partial charge is 0.339 e. The maximum absolute atomic E-state index is 11.7. The van der Waals surface area contributed by atoms with Crippen molar-refractivity contribution < 1.29 is 9.53 Å². The van der Waals surface area contributed by atoms with E-state index < -0.39 is 5.97 Å². The molecule has 0 unspecified atom stereocenters. The number of hydrogen-bond acceptors (Lipinski definition) is 3. The summed E-state index contributed by atoms with van der Waals surface area (Å²) in [5, 5.41) is 4.90. The van der Waals surface area contributed by atoms with Crippen molar-refractivity contribution in [3.05, 3.63) is 45.7 Å². The van der Waals surface area contributed by atoms with Crippen LogP contribution < -0.4 is 0 Å². The summed E-state index contributed by atoms with van der Waals surface area (Å²) in [7, 11) is 1.34. The highest BCUT2D eigenvalue weighted by molar-refractivity contribution is 6.33. The van der Waals surface area contributed by atoms with E-state index in [2.05, 4.69) is 12.0 Å². The summed E-state index contributed by atoms with van der Waals surface area (Å²) in [6.45, 7) is 6.10. The molecule has 0 atom stereocenters. The van der Waals surface area contributed by atoms with Gasteiger partial charge in [0.2, 0.25) is 0 Å². The maximum Gasteiger partial charge on any atom is 0.339 e. The van der Waals surface area contributed by atoms with Gasteiger partial charge in [-0.25, -0.2) is 9.48 Å². The van der Waals surface area contributed by atoms with E-state index >= 15 is 0 Å². The number of carbonyl (C=O) groups is 1. The van der Waals surface area contributed by atoms with Crippen LogP contribution in [-0.4, -0.2) is 22.9 Å². The van der Waals surface area contributed by atoms with Crippen LogP contribution in [0.1, 0.15) is 34.2 Å². The molecule has 5 heteroatoms. The summed E-state index contributed by atoms with van der Waals surface area (Å²) in [5.41, 5.74) is 4.44. The number of aryl methyl sites for hydroxylation is 1. The van der Waals surface area contributed by atoms with Gasteiger partial charge in [-0.2, -0.15) is 5.10 Å². The molecule has 2 rings (SSSR count). The molecule has 20 heavy (non-hydrogen) atoms. The average molecular weight is 293 g/mol. The molecule has 0 aliphatic rings. The molecule has 0 saturated heterocycles. The number of rotatable bonds is 3. The summed E-state index contributed by atoms with van der Waals surface area (Å²) >= 11 is 6.03. The topological polar surface area (TPSA) is 44.1 Å². The zero-order chi connectivity index (χ0) is 14.9. The Balaban J connectivity index is 2.57. The fourth-order valence-corrected chi connectivity index (χ4v) is 2.54. The van der Waals surface area contributed by atoms with E-state index in [4.69, 9.17) is 16.3 Å². The molecule has 4 nitrogen and oxygen atoms in total. The molecule has 0 bridgehead atoms. The third-order valence-corrected chi connectivity index (χ3v) is 3.72. The molecule has 0 N–H and O–H groups in total. The van der Waals surface area contributed by atoms with Gasteiger partial charge >= 0.3 is 5.97 Å². The number of hydrogen-bond donors (Lipinski definition) is 0. The molecule has 0 amide bonds. The van der Waals surface area contributed by atoms with Gasteiger partial charge in [0.25, 0.3) is 0 Å². The first kappa shape index (κ1) is 14.6. The Morgan fingerprint density at radius 2 is 2.10 bits per heavy atom. The van der Waals surface area contributed by atoms with Gasteiger partial charge in [-0.05, 0) is 44.0 Å². The van der Waals surface area contributed by atoms with E-state index in [1.165, 1.54) is 12.7 Å². The lowest BCUT2D eigenvalue weighted by Gasteiger charge is -2.08. The Labute approximate surface area is 123 Å². The first-order chi connectivity index (χ1) is 9.49. The van der Waals surface area contributed by atoms with Crippen LogP contribution in [0.3, 0.4) is 0 Å². The van der Waals surface area contributed by atoms with Crippen LogP contribution >= 0.6 is 11.6 Å². The molecule has 0 spiro atoms. The van der Waals surface area contributed by atoms with Gasteiger partial charge in [-0.3, -0.25) is 0 Å². The van der Waals surface area contributed by atoms with Gasteiger partial charge in [0.1, 0.15) is 0 Å². The van der Waals surface area contributed by atoms with Gasteiger partial charge in [-0.15, -0.1) is 0 Å². The van der Waals surface area contributed by atoms with Crippen LogP contribution in [0, 0.1) is 13.8 Å². The third-order valence-electron chi connectivity index (χ3n) is 3.39. The lowest BCUT2D eigenvalue weighted by atomic mass is 10.1. The average Bonchev–Trinajstić information content (AvgIpc) is 2.73. The van der Waals surface area contributed by atoms with Crippen LogP contribution in [0.15, 0.2) is 18.2 Å². The van der Waals surface area contributed by atoms with Crippen LogP contribution in [0.25, 0.3) is 5.69 Å². The van der Waals surface area contributed by atoms with Crippen LogP contribution in [0.4, 0.5) is 0 Å². The fraction of sp³-hybridized carbons (Fsp3) is 0.333. The van der Waals surface area contributed by atoms with Gasteiger partial charge in [-0.1, -0.05) is 18.5 Å². The van der Waals surface area contributed by atoms with Crippen LogP contribution in [-0.2, 0) is 11.2 Å². The molecule has 0 aliphatic heterocycles. The summed E-state index contributed by atoms with van der Waals surface area (Å²) in [6.07, 6.45) is 0.926. The number of aromatic nitrogens is 2. The lowest BCUT2D eigenvalue weighted by molar-refractivity contribution is 0.0601. The van der Waals surface area contributed by atoms with Crippen molar-refractivity contribution in [3.8, 4) is 5.69 Å². The first-order valence-electron chi connectivity index (χ1n) is 6.42. The number of esters is 1. The quantitative estimate of drug-likeness (QED) is 0.813.